The number of carbonyl (C=O) groups is 1. The first kappa shape index (κ1) is 24.9. The van der Waals surface area contributed by atoms with E-state index >= 15 is 0 Å². The first-order valence-electron chi connectivity index (χ1n) is 11.5. The Morgan fingerprint density at radius 2 is 1.21 bits per heavy atom. The Morgan fingerprint density at radius 1 is 0.794 bits per heavy atom. The van der Waals surface area contributed by atoms with Crippen LogP contribution in [0.3, 0.4) is 0 Å². The molecule has 5 heteroatoms. The first-order valence-corrected chi connectivity index (χ1v) is 11.5. The van der Waals surface area contributed by atoms with Crippen molar-refractivity contribution in [3.63, 3.8) is 0 Å². The SMILES string of the molecule is C=C(C)C(=O)OCCNc1ccc(C(c2ccc(N(C)C)cc2)c2ccc(N(C)C)cc2)cc1. The van der Waals surface area contributed by atoms with Gasteiger partial charge < -0.3 is 19.9 Å². The van der Waals surface area contributed by atoms with Crippen LogP contribution in [-0.4, -0.2) is 47.3 Å². The van der Waals surface area contributed by atoms with Gasteiger partial charge in [0.25, 0.3) is 0 Å². The van der Waals surface area contributed by atoms with Crippen molar-refractivity contribution in [3.8, 4) is 0 Å². The molecule has 0 saturated carbocycles. The molecule has 0 fully saturated rings. The average Bonchev–Trinajstić information content (AvgIpc) is 2.83. The molecule has 0 radical (unpaired) electrons. The number of benzene rings is 3. The smallest absolute Gasteiger partial charge is 0.333 e. The fourth-order valence-electron chi connectivity index (χ4n) is 3.76. The van der Waals surface area contributed by atoms with E-state index in [0.717, 1.165) is 5.69 Å². The number of anilines is 3. The molecule has 3 rings (SSSR count). The van der Waals surface area contributed by atoms with Crippen LogP contribution in [0.2, 0.25) is 0 Å². The molecule has 0 amide bonds. The zero-order valence-corrected chi connectivity index (χ0v) is 20.8. The molecule has 0 aromatic heterocycles. The highest BCUT2D eigenvalue weighted by atomic mass is 16.5. The third-order valence-electron chi connectivity index (χ3n) is 5.74. The van der Waals surface area contributed by atoms with E-state index in [1.165, 1.54) is 28.1 Å². The summed E-state index contributed by atoms with van der Waals surface area (Å²) in [7, 11) is 8.21. The van der Waals surface area contributed by atoms with Crippen LogP contribution in [0.5, 0.6) is 0 Å². The van der Waals surface area contributed by atoms with Crippen LogP contribution in [0.4, 0.5) is 17.1 Å². The van der Waals surface area contributed by atoms with Gasteiger partial charge >= 0.3 is 5.97 Å². The van der Waals surface area contributed by atoms with E-state index in [4.69, 9.17) is 4.74 Å². The molecule has 34 heavy (non-hydrogen) atoms. The van der Waals surface area contributed by atoms with Gasteiger partial charge in [-0.1, -0.05) is 43.0 Å². The van der Waals surface area contributed by atoms with Crippen LogP contribution >= 0.6 is 0 Å². The fourth-order valence-corrected chi connectivity index (χ4v) is 3.76. The number of hydrogen-bond acceptors (Lipinski definition) is 5. The minimum absolute atomic E-state index is 0.123. The maximum absolute atomic E-state index is 11.5. The van der Waals surface area contributed by atoms with Gasteiger partial charge in [-0.05, 0) is 60.0 Å². The minimum Gasteiger partial charge on any atom is -0.460 e. The van der Waals surface area contributed by atoms with E-state index in [1.54, 1.807) is 6.92 Å². The van der Waals surface area contributed by atoms with Gasteiger partial charge in [0.1, 0.15) is 6.61 Å². The van der Waals surface area contributed by atoms with Crippen LogP contribution in [0.1, 0.15) is 29.5 Å². The van der Waals surface area contributed by atoms with Crippen LogP contribution in [-0.2, 0) is 9.53 Å². The third-order valence-corrected chi connectivity index (χ3v) is 5.74. The summed E-state index contributed by atoms with van der Waals surface area (Å²) in [6.45, 7) is 6.08. The predicted octanol–water partition coefficient (Wildman–Crippen LogP) is 5.53. The summed E-state index contributed by atoms with van der Waals surface area (Å²) in [5, 5.41) is 3.31. The Hall–Kier alpha value is -3.73. The van der Waals surface area contributed by atoms with Gasteiger partial charge in [-0.3, -0.25) is 0 Å². The number of carbonyl (C=O) groups excluding carboxylic acids is 1. The molecular formula is C29H35N3O2. The normalized spacial score (nSPS) is 10.6. The molecule has 5 nitrogen and oxygen atoms in total. The van der Waals surface area contributed by atoms with Crippen molar-refractivity contribution in [2.24, 2.45) is 0 Å². The number of rotatable bonds is 10. The standard InChI is InChI=1S/C29H35N3O2/c1-21(2)29(33)34-20-19-30-25-13-7-22(8-14-25)28(23-9-15-26(16-10-23)31(3)4)24-11-17-27(18-12-24)32(5)6/h7-18,28,30H,1,19-20H2,2-6H3. The van der Waals surface area contributed by atoms with Crippen molar-refractivity contribution in [1.82, 2.24) is 0 Å². The monoisotopic (exact) mass is 457 g/mol. The molecule has 0 spiro atoms. The van der Waals surface area contributed by atoms with Gasteiger partial charge in [-0.25, -0.2) is 4.79 Å². The Kier molecular flexibility index (Phi) is 8.36. The molecule has 0 saturated heterocycles. The van der Waals surface area contributed by atoms with Gasteiger partial charge in [0.2, 0.25) is 0 Å². The van der Waals surface area contributed by atoms with Gasteiger partial charge in [0, 0.05) is 63.3 Å². The maximum atomic E-state index is 11.5. The highest BCUT2D eigenvalue weighted by Gasteiger charge is 2.17. The summed E-state index contributed by atoms with van der Waals surface area (Å²) in [5.41, 5.74) is 7.46. The third kappa shape index (κ3) is 6.41. The predicted molar refractivity (Wildman–Crippen MR) is 143 cm³/mol. The number of nitrogens with zero attached hydrogens (tertiary/aromatic N) is 2. The first-order chi connectivity index (χ1) is 16.3. The average molecular weight is 458 g/mol. The van der Waals surface area contributed by atoms with Crippen LogP contribution < -0.4 is 15.1 Å². The summed E-state index contributed by atoms with van der Waals surface area (Å²) in [6, 6.07) is 26.0. The number of nitrogens with one attached hydrogen (secondary N) is 1. The molecule has 3 aromatic rings. The number of esters is 1. The van der Waals surface area contributed by atoms with E-state index in [9.17, 15) is 4.79 Å². The topological polar surface area (TPSA) is 44.8 Å². The molecule has 3 aromatic carbocycles. The van der Waals surface area contributed by atoms with Crippen LogP contribution in [0, 0.1) is 0 Å². The van der Waals surface area contributed by atoms with E-state index in [1.807, 2.05) is 0 Å². The van der Waals surface area contributed by atoms with Crippen molar-refractivity contribution in [3.05, 3.63) is 102 Å². The number of hydrogen-bond donors (Lipinski definition) is 1. The molecule has 0 unspecified atom stereocenters. The second-order valence-corrected chi connectivity index (χ2v) is 8.87. The highest BCUT2D eigenvalue weighted by Crippen LogP contribution is 2.34. The van der Waals surface area contributed by atoms with Crippen molar-refractivity contribution < 1.29 is 9.53 Å². The summed E-state index contributed by atoms with van der Waals surface area (Å²) in [4.78, 5) is 15.7. The molecule has 0 aliphatic carbocycles. The molecular weight excluding hydrogens is 422 g/mol. The summed E-state index contributed by atoms with van der Waals surface area (Å²) in [5.74, 6) is -0.237. The lowest BCUT2D eigenvalue weighted by Gasteiger charge is -2.22. The summed E-state index contributed by atoms with van der Waals surface area (Å²) >= 11 is 0. The molecule has 178 valence electrons. The lowest BCUT2D eigenvalue weighted by molar-refractivity contribution is -0.138. The summed E-state index contributed by atoms with van der Waals surface area (Å²) < 4.78 is 5.15. The number of ether oxygens (including phenoxy) is 1. The minimum atomic E-state index is -0.361. The van der Waals surface area contributed by atoms with E-state index in [2.05, 4.69) is 123 Å². The molecule has 1 N–H and O–H groups in total. The van der Waals surface area contributed by atoms with Crippen molar-refractivity contribution in [1.29, 1.82) is 0 Å². The second kappa shape index (κ2) is 11.4. The highest BCUT2D eigenvalue weighted by molar-refractivity contribution is 5.86. The Morgan fingerprint density at radius 3 is 1.59 bits per heavy atom. The van der Waals surface area contributed by atoms with Crippen LogP contribution in [0.15, 0.2) is 84.9 Å². The zero-order chi connectivity index (χ0) is 24.7. The Balaban J connectivity index is 1.81. The largest absolute Gasteiger partial charge is 0.460 e. The van der Waals surface area contributed by atoms with Crippen molar-refractivity contribution in [2.45, 2.75) is 12.8 Å². The van der Waals surface area contributed by atoms with E-state index in [-0.39, 0.29) is 11.9 Å². The summed E-state index contributed by atoms with van der Waals surface area (Å²) in [6.07, 6.45) is 0. The van der Waals surface area contributed by atoms with Gasteiger partial charge in [-0.2, -0.15) is 0 Å². The van der Waals surface area contributed by atoms with E-state index in [0.29, 0.717) is 18.7 Å². The van der Waals surface area contributed by atoms with Gasteiger partial charge in [0.15, 0.2) is 0 Å². The Labute approximate surface area is 203 Å². The molecule has 0 bridgehead atoms. The maximum Gasteiger partial charge on any atom is 0.333 e. The molecule has 0 aliphatic rings. The quantitative estimate of drug-likeness (QED) is 0.188. The van der Waals surface area contributed by atoms with Crippen molar-refractivity contribution in [2.75, 3.05) is 56.5 Å². The van der Waals surface area contributed by atoms with E-state index < -0.39 is 0 Å². The van der Waals surface area contributed by atoms with Gasteiger partial charge in [-0.15, -0.1) is 0 Å². The molecule has 0 heterocycles. The fraction of sp³-hybridized carbons (Fsp3) is 0.276. The van der Waals surface area contributed by atoms with Crippen LogP contribution in [0.25, 0.3) is 0 Å². The second-order valence-electron chi connectivity index (χ2n) is 8.87. The molecule has 0 atom stereocenters. The lowest BCUT2D eigenvalue weighted by Crippen LogP contribution is -2.14. The lowest BCUT2D eigenvalue weighted by atomic mass is 9.85. The van der Waals surface area contributed by atoms with Gasteiger partial charge in [0.05, 0.1) is 0 Å². The Bertz CT molecular complexity index is 1030. The zero-order valence-electron chi connectivity index (χ0n) is 20.8. The molecule has 0 aliphatic heterocycles. The van der Waals surface area contributed by atoms with Crippen molar-refractivity contribution >= 4 is 23.0 Å².